The minimum Gasteiger partial charge on any atom is -0.347 e. The topological polar surface area (TPSA) is 4.93 Å². The number of hydrogen-bond donors (Lipinski definition) is 0. The molecule has 0 saturated carbocycles. The molecule has 0 N–H and O–H groups in total. The number of benzene rings is 1. The number of rotatable bonds is 0. The lowest BCUT2D eigenvalue weighted by atomic mass is 9.96. The van der Waals surface area contributed by atoms with E-state index in [1.165, 1.54) is 0 Å². The molecule has 1 aliphatic heterocycles. The van der Waals surface area contributed by atoms with Crippen molar-refractivity contribution in [1.82, 2.24) is 4.57 Å². The Morgan fingerprint density at radius 2 is 2.33 bits per heavy atom. The third kappa shape index (κ3) is 1.21. The van der Waals surface area contributed by atoms with Crippen molar-refractivity contribution < 1.29 is 4.39 Å². The summed E-state index contributed by atoms with van der Waals surface area (Å²) in [7, 11) is 0. The lowest BCUT2D eigenvalue weighted by molar-refractivity contribution is 0.469. The molecule has 1 atom stereocenters. The molecule has 0 radical (unpaired) electrons. The lowest BCUT2D eigenvalue weighted by Crippen LogP contribution is -2.16. The van der Waals surface area contributed by atoms with Gasteiger partial charge in [-0.15, -0.1) is 0 Å². The monoisotopic (exact) mass is 223 g/mol. The molecule has 0 saturated heterocycles. The van der Waals surface area contributed by atoms with Gasteiger partial charge in [-0.2, -0.15) is 0 Å². The molecule has 15 heavy (non-hydrogen) atoms. The van der Waals surface area contributed by atoms with Crippen LogP contribution in [0.2, 0.25) is 5.02 Å². The van der Waals surface area contributed by atoms with Crippen molar-refractivity contribution in [3.63, 3.8) is 0 Å². The van der Waals surface area contributed by atoms with E-state index in [-0.39, 0.29) is 10.8 Å². The van der Waals surface area contributed by atoms with Gasteiger partial charge in [0, 0.05) is 18.1 Å². The molecule has 3 heteroatoms. The van der Waals surface area contributed by atoms with Crippen LogP contribution in [0.1, 0.15) is 12.5 Å². The maximum absolute atomic E-state index is 13.5. The van der Waals surface area contributed by atoms with Crippen LogP contribution in [0, 0.1) is 11.7 Å². The Balaban J connectivity index is 2.41. The molecule has 2 aromatic rings. The van der Waals surface area contributed by atoms with Gasteiger partial charge in [-0.05, 0) is 30.0 Å². The van der Waals surface area contributed by atoms with E-state index in [4.69, 9.17) is 11.6 Å². The van der Waals surface area contributed by atoms with Crippen LogP contribution in [-0.4, -0.2) is 4.57 Å². The summed E-state index contributed by atoms with van der Waals surface area (Å²) < 4.78 is 15.7. The summed E-state index contributed by atoms with van der Waals surface area (Å²) in [5.41, 5.74) is 2.19. The van der Waals surface area contributed by atoms with Gasteiger partial charge in [0.15, 0.2) is 0 Å². The molecular weight excluding hydrogens is 213 g/mol. The summed E-state index contributed by atoms with van der Waals surface area (Å²) in [5.74, 6) is 0.264. The van der Waals surface area contributed by atoms with Crippen LogP contribution in [0.3, 0.4) is 0 Å². The molecule has 0 spiro atoms. The highest BCUT2D eigenvalue weighted by Crippen LogP contribution is 2.34. The Kier molecular flexibility index (Phi) is 1.84. The molecular formula is C12H11ClFN. The Morgan fingerprint density at radius 3 is 3.13 bits per heavy atom. The molecule has 0 fully saturated rings. The first-order valence-electron chi connectivity index (χ1n) is 5.12. The smallest absolute Gasteiger partial charge is 0.142 e. The van der Waals surface area contributed by atoms with Crippen molar-refractivity contribution in [3.8, 4) is 0 Å². The molecule has 0 amide bonds. The molecule has 1 aromatic carbocycles. The Hall–Kier alpha value is -1.02. The van der Waals surface area contributed by atoms with E-state index in [1.807, 2.05) is 12.3 Å². The van der Waals surface area contributed by atoms with Crippen LogP contribution in [0.15, 0.2) is 18.3 Å². The largest absolute Gasteiger partial charge is 0.347 e. The molecule has 1 aliphatic rings. The molecule has 1 unspecified atom stereocenters. The minimum absolute atomic E-state index is 0.252. The Bertz CT molecular complexity index is 544. The maximum Gasteiger partial charge on any atom is 0.142 e. The molecule has 2 heterocycles. The van der Waals surface area contributed by atoms with Gasteiger partial charge in [-0.3, -0.25) is 0 Å². The summed E-state index contributed by atoms with van der Waals surface area (Å²) in [6.45, 7) is 3.18. The number of aromatic nitrogens is 1. The third-order valence-corrected chi connectivity index (χ3v) is 3.48. The van der Waals surface area contributed by atoms with E-state index in [0.717, 1.165) is 29.4 Å². The highest BCUT2D eigenvalue weighted by molar-refractivity contribution is 6.35. The van der Waals surface area contributed by atoms with Crippen molar-refractivity contribution in [2.45, 2.75) is 19.9 Å². The van der Waals surface area contributed by atoms with Crippen LogP contribution < -0.4 is 0 Å². The lowest BCUT2D eigenvalue weighted by Gasteiger charge is -2.22. The van der Waals surface area contributed by atoms with Crippen molar-refractivity contribution in [2.75, 3.05) is 0 Å². The maximum atomic E-state index is 13.5. The van der Waals surface area contributed by atoms with Crippen molar-refractivity contribution in [3.05, 3.63) is 34.7 Å². The standard InChI is InChI=1S/C12H11ClFN/c1-7-4-8-5-10(14)11(13)9-2-3-15(6-7)12(8)9/h2-3,5,7H,4,6H2,1H3. The first kappa shape index (κ1) is 9.22. The molecule has 78 valence electrons. The molecule has 0 aliphatic carbocycles. The van der Waals surface area contributed by atoms with Gasteiger partial charge in [-0.1, -0.05) is 18.5 Å². The molecule has 1 nitrogen and oxygen atoms in total. The van der Waals surface area contributed by atoms with E-state index >= 15 is 0 Å². The van der Waals surface area contributed by atoms with Crippen molar-refractivity contribution in [1.29, 1.82) is 0 Å². The SMILES string of the molecule is CC1Cc2cc(F)c(Cl)c3ccn(c23)C1. The van der Waals surface area contributed by atoms with Crippen molar-refractivity contribution >= 4 is 22.5 Å². The zero-order chi connectivity index (χ0) is 10.6. The number of nitrogens with zero attached hydrogens (tertiary/aromatic N) is 1. The molecule has 3 rings (SSSR count). The molecule has 1 aromatic heterocycles. The van der Waals surface area contributed by atoms with Crippen LogP contribution in [0.4, 0.5) is 4.39 Å². The van der Waals surface area contributed by atoms with Crippen LogP contribution >= 0.6 is 11.6 Å². The quantitative estimate of drug-likeness (QED) is 0.643. The van der Waals surface area contributed by atoms with Gasteiger partial charge in [0.2, 0.25) is 0 Å². The van der Waals surface area contributed by atoms with E-state index < -0.39 is 0 Å². The minimum atomic E-state index is -0.300. The fourth-order valence-electron chi connectivity index (χ4n) is 2.50. The van der Waals surface area contributed by atoms with Gasteiger partial charge in [0.25, 0.3) is 0 Å². The molecule has 0 bridgehead atoms. The van der Waals surface area contributed by atoms with Crippen LogP contribution in [-0.2, 0) is 13.0 Å². The zero-order valence-corrected chi connectivity index (χ0v) is 9.18. The first-order valence-corrected chi connectivity index (χ1v) is 5.50. The Labute approximate surface area is 92.5 Å². The second kappa shape index (κ2) is 2.99. The van der Waals surface area contributed by atoms with Crippen molar-refractivity contribution in [2.24, 2.45) is 5.92 Å². The summed E-state index contributed by atoms with van der Waals surface area (Å²) in [6.07, 6.45) is 2.93. The van der Waals surface area contributed by atoms with Gasteiger partial charge >= 0.3 is 0 Å². The fraction of sp³-hybridized carbons (Fsp3) is 0.333. The van der Waals surface area contributed by atoms with Gasteiger partial charge < -0.3 is 4.57 Å². The average molecular weight is 224 g/mol. The number of hydrogen-bond acceptors (Lipinski definition) is 0. The van der Waals surface area contributed by atoms with Gasteiger partial charge in [-0.25, -0.2) is 4.39 Å². The average Bonchev–Trinajstić information content (AvgIpc) is 2.58. The summed E-state index contributed by atoms with van der Waals surface area (Å²) in [6, 6.07) is 3.49. The van der Waals surface area contributed by atoms with Gasteiger partial charge in [0.05, 0.1) is 10.5 Å². The van der Waals surface area contributed by atoms with Crippen LogP contribution in [0.25, 0.3) is 10.9 Å². The zero-order valence-electron chi connectivity index (χ0n) is 8.43. The highest BCUT2D eigenvalue weighted by atomic mass is 35.5. The van der Waals surface area contributed by atoms with E-state index in [2.05, 4.69) is 11.5 Å². The summed E-state index contributed by atoms with van der Waals surface area (Å²) in [5, 5.41) is 1.10. The Morgan fingerprint density at radius 1 is 1.53 bits per heavy atom. The first-order chi connectivity index (χ1) is 7.16. The van der Waals surface area contributed by atoms with E-state index in [1.54, 1.807) is 6.07 Å². The second-order valence-corrected chi connectivity index (χ2v) is 4.75. The second-order valence-electron chi connectivity index (χ2n) is 4.37. The fourth-order valence-corrected chi connectivity index (χ4v) is 2.71. The van der Waals surface area contributed by atoms with Gasteiger partial charge in [0.1, 0.15) is 5.82 Å². The van der Waals surface area contributed by atoms with E-state index in [0.29, 0.717) is 5.92 Å². The summed E-state index contributed by atoms with van der Waals surface area (Å²) in [4.78, 5) is 0. The third-order valence-electron chi connectivity index (χ3n) is 3.09. The predicted molar refractivity (Wildman–Crippen MR) is 59.8 cm³/mol. The number of halogens is 2. The van der Waals surface area contributed by atoms with Crippen LogP contribution in [0.5, 0.6) is 0 Å². The normalized spacial score (nSPS) is 19.8. The highest BCUT2D eigenvalue weighted by Gasteiger charge is 2.20. The van der Waals surface area contributed by atoms with E-state index in [9.17, 15) is 4.39 Å². The predicted octanol–water partition coefficient (Wildman–Crippen LogP) is 3.63. The summed E-state index contributed by atoms with van der Waals surface area (Å²) >= 11 is 5.94.